The maximum Gasteiger partial charge on any atom is 0.0404 e. The van der Waals surface area contributed by atoms with Gasteiger partial charge in [-0.05, 0) is 43.7 Å². The Labute approximate surface area is 105 Å². The van der Waals surface area contributed by atoms with E-state index in [-0.39, 0.29) is 0 Å². The van der Waals surface area contributed by atoms with Crippen LogP contribution in [0.5, 0.6) is 0 Å². The number of nitrogens with two attached hydrogens (primary N) is 1. The fourth-order valence-corrected chi connectivity index (χ4v) is 2.84. The molecule has 1 saturated carbocycles. The van der Waals surface area contributed by atoms with Crippen molar-refractivity contribution >= 4 is 0 Å². The molecular weight excluding hydrogens is 208 g/mol. The van der Waals surface area contributed by atoms with Crippen molar-refractivity contribution in [3.63, 3.8) is 0 Å². The van der Waals surface area contributed by atoms with Crippen molar-refractivity contribution in [2.75, 3.05) is 0 Å². The van der Waals surface area contributed by atoms with Crippen LogP contribution in [0.2, 0.25) is 0 Å². The van der Waals surface area contributed by atoms with Crippen LogP contribution < -0.4 is 5.73 Å². The van der Waals surface area contributed by atoms with E-state index in [1.54, 1.807) is 0 Å². The van der Waals surface area contributed by atoms with Crippen LogP contribution in [-0.4, -0.2) is 11.0 Å². The van der Waals surface area contributed by atoms with E-state index in [2.05, 4.69) is 17.1 Å². The third-order valence-electron chi connectivity index (χ3n) is 3.97. The largest absolute Gasteiger partial charge is 0.327 e. The average molecular weight is 232 g/mol. The zero-order chi connectivity index (χ0) is 11.9. The first-order valence-corrected chi connectivity index (χ1v) is 7.02. The Kier molecular flexibility index (Phi) is 4.99. The molecule has 2 rings (SSSR count). The fourth-order valence-electron chi connectivity index (χ4n) is 2.84. The number of aromatic nitrogens is 1. The summed E-state index contributed by atoms with van der Waals surface area (Å²) in [7, 11) is 0. The van der Waals surface area contributed by atoms with Crippen molar-refractivity contribution in [1.29, 1.82) is 0 Å². The lowest BCUT2D eigenvalue weighted by atomic mass is 9.89. The van der Waals surface area contributed by atoms with Gasteiger partial charge in [-0.25, -0.2) is 0 Å². The van der Waals surface area contributed by atoms with Crippen molar-refractivity contribution in [2.45, 2.75) is 57.4 Å². The average Bonchev–Trinajstić information content (AvgIpc) is 2.66. The normalized spacial score (nSPS) is 19.8. The molecule has 2 N–H and O–H groups in total. The maximum absolute atomic E-state index is 6.34. The number of nitrogens with zero attached hydrogens (tertiary/aromatic N) is 1. The van der Waals surface area contributed by atoms with Crippen LogP contribution in [-0.2, 0) is 6.42 Å². The summed E-state index contributed by atoms with van der Waals surface area (Å²) >= 11 is 0. The van der Waals surface area contributed by atoms with Crippen LogP contribution in [0.25, 0.3) is 0 Å². The molecule has 1 aliphatic rings. The van der Waals surface area contributed by atoms with Crippen LogP contribution in [0, 0.1) is 5.92 Å². The second-order valence-corrected chi connectivity index (χ2v) is 5.28. The van der Waals surface area contributed by atoms with Crippen LogP contribution >= 0.6 is 0 Å². The molecule has 1 aromatic rings. The van der Waals surface area contributed by atoms with Gasteiger partial charge in [0.25, 0.3) is 0 Å². The number of hydrogen-bond donors (Lipinski definition) is 1. The molecule has 0 spiro atoms. The van der Waals surface area contributed by atoms with E-state index in [0.717, 1.165) is 18.8 Å². The zero-order valence-electron chi connectivity index (χ0n) is 10.6. The first-order chi connectivity index (χ1) is 8.36. The van der Waals surface area contributed by atoms with Gasteiger partial charge in [-0.15, -0.1) is 0 Å². The highest BCUT2D eigenvalue weighted by molar-refractivity contribution is 5.03. The Morgan fingerprint density at radius 3 is 2.59 bits per heavy atom. The molecule has 17 heavy (non-hydrogen) atoms. The standard InChI is InChI=1S/C15H24N2/c16-15(13-7-3-1-2-4-8-13)11-10-14-9-5-6-12-17-14/h5-6,9,12-13,15H,1-4,7-8,10-11,16H2. The first-order valence-electron chi connectivity index (χ1n) is 7.02. The molecule has 2 nitrogen and oxygen atoms in total. The number of aryl methyl sites for hydroxylation is 1. The van der Waals surface area contributed by atoms with Crippen LogP contribution in [0.3, 0.4) is 0 Å². The molecule has 0 aliphatic heterocycles. The van der Waals surface area contributed by atoms with Crippen molar-refractivity contribution in [2.24, 2.45) is 11.7 Å². The third kappa shape index (κ3) is 4.12. The van der Waals surface area contributed by atoms with Crippen LogP contribution in [0.4, 0.5) is 0 Å². The van der Waals surface area contributed by atoms with E-state index in [0.29, 0.717) is 6.04 Å². The second kappa shape index (κ2) is 6.75. The van der Waals surface area contributed by atoms with E-state index >= 15 is 0 Å². The zero-order valence-corrected chi connectivity index (χ0v) is 10.6. The van der Waals surface area contributed by atoms with E-state index in [1.807, 2.05) is 12.3 Å². The van der Waals surface area contributed by atoms with Crippen LogP contribution in [0.15, 0.2) is 24.4 Å². The summed E-state index contributed by atoms with van der Waals surface area (Å²) in [4.78, 5) is 4.36. The minimum Gasteiger partial charge on any atom is -0.327 e. The molecular formula is C15H24N2. The highest BCUT2D eigenvalue weighted by atomic mass is 14.7. The molecule has 0 amide bonds. The van der Waals surface area contributed by atoms with Gasteiger partial charge in [0.05, 0.1) is 0 Å². The third-order valence-corrected chi connectivity index (χ3v) is 3.97. The van der Waals surface area contributed by atoms with E-state index in [9.17, 15) is 0 Å². The van der Waals surface area contributed by atoms with Gasteiger partial charge in [-0.2, -0.15) is 0 Å². The van der Waals surface area contributed by atoms with E-state index in [4.69, 9.17) is 5.73 Å². The predicted octanol–water partition coefficient (Wildman–Crippen LogP) is 3.31. The minimum absolute atomic E-state index is 0.370. The van der Waals surface area contributed by atoms with Gasteiger partial charge < -0.3 is 5.73 Å². The SMILES string of the molecule is NC(CCc1ccccn1)C1CCCCCC1. The smallest absolute Gasteiger partial charge is 0.0404 e. The van der Waals surface area contributed by atoms with Gasteiger partial charge >= 0.3 is 0 Å². The van der Waals surface area contributed by atoms with Gasteiger partial charge in [0.15, 0.2) is 0 Å². The lowest BCUT2D eigenvalue weighted by molar-refractivity contribution is 0.358. The molecule has 1 aliphatic carbocycles. The summed E-state index contributed by atoms with van der Waals surface area (Å²) in [5.74, 6) is 0.751. The van der Waals surface area contributed by atoms with Crippen molar-refractivity contribution < 1.29 is 0 Å². The second-order valence-electron chi connectivity index (χ2n) is 5.28. The molecule has 1 heterocycles. The highest BCUT2D eigenvalue weighted by Crippen LogP contribution is 2.26. The van der Waals surface area contributed by atoms with Crippen molar-refractivity contribution in [3.8, 4) is 0 Å². The maximum atomic E-state index is 6.34. The van der Waals surface area contributed by atoms with E-state index < -0.39 is 0 Å². The number of rotatable bonds is 4. The fraction of sp³-hybridized carbons (Fsp3) is 0.667. The molecule has 1 unspecified atom stereocenters. The molecule has 1 atom stereocenters. The predicted molar refractivity (Wildman–Crippen MR) is 71.7 cm³/mol. The minimum atomic E-state index is 0.370. The Hall–Kier alpha value is -0.890. The van der Waals surface area contributed by atoms with Crippen molar-refractivity contribution in [1.82, 2.24) is 4.98 Å². The lowest BCUT2D eigenvalue weighted by Gasteiger charge is -2.22. The lowest BCUT2D eigenvalue weighted by Crippen LogP contribution is -2.30. The molecule has 1 fully saturated rings. The molecule has 0 radical (unpaired) electrons. The highest BCUT2D eigenvalue weighted by Gasteiger charge is 2.19. The Morgan fingerprint density at radius 1 is 1.18 bits per heavy atom. The van der Waals surface area contributed by atoms with Gasteiger partial charge in [0.2, 0.25) is 0 Å². The molecule has 1 aromatic heterocycles. The molecule has 0 aromatic carbocycles. The molecule has 2 heteroatoms. The number of pyridine rings is 1. The summed E-state index contributed by atoms with van der Waals surface area (Å²) in [6, 6.07) is 6.49. The molecule has 0 saturated heterocycles. The van der Waals surface area contributed by atoms with E-state index in [1.165, 1.54) is 44.2 Å². The summed E-state index contributed by atoms with van der Waals surface area (Å²) < 4.78 is 0. The topological polar surface area (TPSA) is 38.9 Å². The summed E-state index contributed by atoms with van der Waals surface area (Å²) in [5.41, 5.74) is 7.52. The number of hydrogen-bond acceptors (Lipinski definition) is 2. The van der Waals surface area contributed by atoms with Gasteiger partial charge in [0, 0.05) is 17.9 Å². The first kappa shape index (κ1) is 12.6. The summed E-state index contributed by atoms with van der Waals surface area (Å²) in [6.07, 6.45) is 12.2. The quantitative estimate of drug-likeness (QED) is 0.809. The van der Waals surface area contributed by atoms with Crippen LogP contribution in [0.1, 0.15) is 50.6 Å². The molecule has 0 bridgehead atoms. The van der Waals surface area contributed by atoms with Gasteiger partial charge in [0.1, 0.15) is 0 Å². The van der Waals surface area contributed by atoms with Gasteiger partial charge in [-0.1, -0.05) is 31.7 Å². The van der Waals surface area contributed by atoms with Crippen molar-refractivity contribution in [3.05, 3.63) is 30.1 Å². The summed E-state index contributed by atoms with van der Waals surface area (Å²) in [5, 5.41) is 0. The summed E-state index contributed by atoms with van der Waals surface area (Å²) in [6.45, 7) is 0. The Balaban J connectivity index is 1.78. The molecule has 94 valence electrons. The Morgan fingerprint density at radius 2 is 1.94 bits per heavy atom. The monoisotopic (exact) mass is 232 g/mol. The van der Waals surface area contributed by atoms with Gasteiger partial charge in [-0.3, -0.25) is 4.98 Å². The Bertz CT molecular complexity index is 302.